The Morgan fingerprint density at radius 1 is 1.37 bits per heavy atom. The van der Waals surface area contributed by atoms with Crippen LogP contribution in [0.15, 0.2) is 29.2 Å². The number of sulfone groups is 1. The topological polar surface area (TPSA) is 116 Å². The molecule has 1 amide bonds. The number of rotatable bonds is 4. The van der Waals surface area contributed by atoms with E-state index in [9.17, 15) is 13.2 Å². The zero-order valence-corrected chi connectivity index (χ0v) is 16.8. The van der Waals surface area contributed by atoms with Gasteiger partial charge in [0.25, 0.3) is 0 Å². The number of carboxylic acid groups (broad SMARTS) is 1. The second-order valence-corrected chi connectivity index (χ2v) is 9.55. The molecule has 3 atom stereocenters. The van der Waals surface area contributed by atoms with Crippen molar-refractivity contribution in [1.29, 1.82) is 5.26 Å². The van der Waals surface area contributed by atoms with E-state index in [-0.39, 0.29) is 16.9 Å². The highest BCUT2D eigenvalue weighted by molar-refractivity contribution is 7.92. The molecule has 0 aromatic heterocycles. The normalized spacial score (nSPS) is 25.6. The van der Waals surface area contributed by atoms with Gasteiger partial charge in [-0.3, -0.25) is 0 Å². The monoisotopic (exact) mass is 414 g/mol. The highest BCUT2D eigenvalue weighted by atomic mass is 35.5. The maximum Gasteiger partial charge on any atom is 0.405 e. The molecular formula is C18H23ClN2O5S. The summed E-state index contributed by atoms with van der Waals surface area (Å²) >= 11 is 5.98. The number of nitrogens with zero attached hydrogens (tertiary/aromatic N) is 1. The van der Waals surface area contributed by atoms with Gasteiger partial charge in [-0.05, 0) is 43.7 Å². The van der Waals surface area contributed by atoms with Gasteiger partial charge in [0.2, 0.25) is 0 Å². The number of ether oxygens (including phenoxy) is 1. The third-order valence-electron chi connectivity index (χ3n) is 4.96. The lowest BCUT2D eigenvalue weighted by Crippen LogP contribution is -2.33. The Bertz CT molecular complexity index is 832. The van der Waals surface area contributed by atoms with Crippen LogP contribution in [0.3, 0.4) is 0 Å². The van der Waals surface area contributed by atoms with Crippen LogP contribution >= 0.6 is 11.6 Å². The Kier molecular flexibility index (Phi) is 6.73. The van der Waals surface area contributed by atoms with E-state index in [2.05, 4.69) is 5.32 Å². The van der Waals surface area contributed by atoms with E-state index in [4.69, 9.17) is 26.7 Å². The van der Waals surface area contributed by atoms with Gasteiger partial charge in [-0.2, -0.15) is 5.26 Å². The molecule has 0 radical (unpaired) electrons. The van der Waals surface area contributed by atoms with Gasteiger partial charge < -0.3 is 15.2 Å². The van der Waals surface area contributed by atoms with Gasteiger partial charge in [-0.25, -0.2) is 13.2 Å². The van der Waals surface area contributed by atoms with E-state index in [1.54, 1.807) is 31.4 Å². The molecule has 1 aromatic rings. The largest absolute Gasteiger partial charge is 0.465 e. The zero-order valence-electron chi connectivity index (χ0n) is 15.2. The van der Waals surface area contributed by atoms with Crippen LogP contribution < -0.4 is 5.32 Å². The van der Waals surface area contributed by atoms with E-state index in [1.807, 2.05) is 13.0 Å². The number of hydrogen-bond donors (Lipinski definition) is 2. The van der Waals surface area contributed by atoms with Gasteiger partial charge in [-0.15, -0.1) is 0 Å². The van der Waals surface area contributed by atoms with Crippen LogP contribution in [0, 0.1) is 17.2 Å². The molecule has 27 heavy (non-hydrogen) atoms. The van der Waals surface area contributed by atoms with Gasteiger partial charge in [0.05, 0.1) is 27.3 Å². The molecule has 9 heteroatoms. The highest BCUT2D eigenvalue weighted by Crippen LogP contribution is 2.37. The summed E-state index contributed by atoms with van der Waals surface area (Å²) in [4.78, 5) is 10.2. The van der Waals surface area contributed by atoms with E-state index < -0.39 is 26.7 Å². The van der Waals surface area contributed by atoms with Crippen molar-refractivity contribution in [3.05, 3.63) is 29.3 Å². The number of benzene rings is 1. The maximum atomic E-state index is 12.5. The number of halogens is 1. The van der Waals surface area contributed by atoms with Crippen LogP contribution in [0.25, 0.3) is 0 Å². The SMILES string of the molecule is CO[C@@H]1C[C@@H](S(=O)(=O)c2ccccc2Cl)C[C@H]1C.N#CC1(NC(=O)O)CC1. The number of hydrogen-bond acceptors (Lipinski definition) is 5. The van der Waals surface area contributed by atoms with E-state index in [0.717, 1.165) is 0 Å². The molecule has 7 nitrogen and oxygen atoms in total. The summed E-state index contributed by atoms with van der Waals surface area (Å²) in [6, 6.07) is 8.51. The molecular weight excluding hydrogens is 392 g/mol. The second kappa shape index (κ2) is 8.46. The van der Waals surface area contributed by atoms with Gasteiger partial charge >= 0.3 is 6.09 Å². The lowest BCUT2D eigenvalue weighted by atomic mass is 10.1. The molecule has 1 aromatic carbocycles. The Morgan fingerprint density at radius 2 is 2.00 bits per heavy atom. The molecule has 2 N–H and O–H groups in total. The Morgan fingerprint density at radius 3 is 2.41 bits per heavy atom. The van der Waals surface area contributed by atoms with Crippen molar-refractivity contribution in [3.63, 3.8) is 0 Å². The van der Waals surface area contributed by atoms with E-state index >= 15 is 0 Å². The van der Waals surface area contributed by atoms with Crippen molar-refractivity contribution < 1.29 is 23.1 Å². The first kappa shape index (κ1) is 21.5. The summed E-state index contributed by atoms with van der Waals surface area (Å²) < 4.78 is 30.4. The van der Waals surface area contributed by atoms with E-state index in [0.29, 0.717) is 30.7 Å². The molecule has 2 aliphatic rings. The molecule has 148 valence electrons. The molecule has 2 aliphatic carbocycles. The minimum Gasteiger partial charge on any atom is -0.465 e. The quantitative estimate of drug-likeness (QED) is 0.781. The molecule has 0 bridgehead atoms. The van der Waals surface area contributed by atoms with Crippen LogP contribution in [-0.4, -0.2) is 43.6 Å². The minimum atomic E-state index is -3.36. The van der Waals surface area contributed by atoms with Crippen LogP contribution in [0.2, 0.25) is 5.02 Å². The maximum absolute atomic E-state index is 12.5. The Hall–Kier alpha value is -1.82. The average molecular weight is 415 g/mol. The van der Waals surface area contributed by atoms with Gasteiger partial charge in [-0.1, -0.05) is 30.7 Å². The molecule has 0 spiro atoms. The summed E-state index contributed by atoms with van der Waals surface area (Å²) in [5.74, 6) is 0.261. The van der Waals surface area contributed by atoms with Gasteiger partial charge in [0, 0.05) is 7.11 Å². The molecule has 0 heterocycles. The summed E-state index contributed by atoms with van der Waals surface area (Å²) in [6.45, 7) is 2.02. The molecule has 0 saturated heterocycles. The summed E-state index contributed by atoms with van der Waals surface area (Å²) in [5.41, 5.74) is -0.730. The van der Waals surface area contributed by atoms with Crippen molar-refractivity contribution in [2.45, 2.75) is 54.4 Å². The van der Waals surface area contributed by atoms with Crippen LogP contribution in [-0.2, 0) is 14.6 Å². The lowest BCUT2D eigenvalue weighted by Gasteiger charge is -2.13. The highest BCUT2D eigenvalue weighted by Gasteiger charge is 2.44. The van der Waals surface area contributed by atoms with Crippen molar-refractivity contribution in [3.8, 4) is 6.07 Å². The lowest BCUT2D eigenvalue weighted by molar-refractivity contribution is 0.0775. The predicted molar refractivity (Wildman–Crippen MR) is 100 cm³/mol. The standard InChI is InChI=1S/C13H17ClO3S.C5H6N2O2/c1-9-7-10(8-12(9)17-2)18(15,16)13-6-4-3-5-11(13)14;6-3-5(1-2-5)7-4(8)9/h3-6,9-10,12H,7-8H2,1-2H3;7H,1-2H2,(H,8,9)/t9-,10+,12-;/m1./s1. The summed E-state index contributed by atoms with van der Waals surface area (Å²) in [5, 5.41) is 18.5. The fourth-order valence-electron chi connectivity index (χ4n) is 3.19. The molecule has 2 fully saturated rings. The van der Waals surface area contributed by atoms with Gasteiger partial charge in [0.15, 0.2) is 9.84 Å². The zero-order chi connectivity index (χ0) is 20.2. The fourth-order valence-corrected chi connectivity index (χ4v) is 5.61. The van der Waals surface area contributed by atoms with Crippen LogP contribution in [0.1, 0.15) is 32.6 Å². The summed E-state index contributed by atoms with van der Waals surface area (Å²) in [6.07, 6.45) is 1.38. The first-order valence-corrected chi connectivity index (χ1v) is 10.5. The van der Waals surface area contributed by atoms with Crippen molar-refractivity contribution in [2.75, 3.05) is 7.11 Å². The predicted octanol–water partition coefficient (Wildman–Crippen LogP) is 3.24. The third kappa shape index (κ3) is 5.12. The number of amides is 1. The fraction of sp³-hybridized carbons (Fsp3) is 0.556. The number of nitrogens with one attached hydrogen (secondary N) is 1. The molecule has 0 aliphatic heterocycles. The number of methoxy groups -OCH3 is 1. The Labute approximate surface area is 164 Å². The van der Waals surface area contributed by atoms with Crippen molar-refractivity contribution in [1.82, 2.24) is 5.32 Å². The minimum absolute atomic E-state index is 0.0206. The smallest absolute Gasteiger partial charge is 0.405 e. The van der Waals surface area contributed by atoms with Gasteiger partial charge in [0.1, 0.15) is 5.54 Å². The number of carbonyl (C=O) groups is 1. The number of nitriles is 1. The second-order valence-electron chi connectivity index (χ2n) is 6.94. The Balaban J connectivity index is 0.000000244. The van der Waals surface area contributed by atoms with Crippen molar-refractivity contribution in [2.24, 2.45) is 5.92 Å². The van der Waals surface area contributed by atoms with Crippen LogP contribution in [0.5, 0.6) is 0 Å². The van der Waals surface area contributed by atoms with E-state index in [1.165, 1.54) is 0 Å². The molecule has 0 unspecified atom stereocenters. The van der Waals surface area contributed by atoms with Crippen LogP contribution in [0.4, 0.5) is 4.79 Å². The van der Waals surface area contributed by atoms with Crippen molar-refractivity contribution >= 4 is 27.5 Å². The first-order chi connectivity index (χ1) is 12.6. The molecule has 3 rings (SSSR count). The average Bonchev–Trinajstić information content (AvgIpc) is 3.27. The third-order valence-corrected chi connectivity index (χ3v) is 7.63. The molecule has 2 saturated carbocycles. The first-order valence-electron chi connectivity index (χ1n) is 8.59. The summed E-state index contributed by atoms with van der Waals surface area (Å²) in [7, 11) is -1.73.